The Balaban J connectivity index is 1.97. The van der Waals surface area contributed by atoms with Crippen LogP contribution in [0.1, 0.15) is 30.2 Å². The van der Waals surface area contributed by atoms with E-state index < -0.39 is 12.5 Å². The van der Waals surface area contributed by atoms with E-state index in [4.69, 9.17) is 4.74 Å². The monoisotopic (exact) mass is 327 g/mol. The zero-order valence-corrected chi connectivity index (χ0v) is 13.0. The molecule has 1 aromatic heterocycles. The fraction of sp³-hybridized carbons (Fsp3) is 0.600. The summed E-state index contributed by atoms with van der Waals surface area (Å²) in [5, 5.41) is 9.20. The Labute approximate surface area is 132 Å². The first-order chi connectivity index (χ1) is 10.9. The summed E-state index contributed by atoms with van der Waals surface area (Å²) in [6.45, 7) is 2.68. The fourth-order valence-electron chi connectivity index (χ4n) is 3.58. The Hall–Kier alpha value is -1.96. The third-order valence-corrected chi connectivity index (χ3v) is 4.45. The number of aromatic nitrogens is 1. The predicted molar refractivity (Wildman–Crippen MR) is 78.9 cm³/mol. The standard InChI is InChI=1S/C15H19F2N3O3/c1-8-5-19(15(21)22)6-11-4-9-3-10(7-23-2)12(13(16)17)18-14(9)20(8)11/h3,8,11,13H,4-7H2,1-2H3,(H,21,22)/t8-,11-/m1/s1. The number of halogens is 2. The van der Waals surface area contributed by atoms with Crippen molar-refractivity contribution in [3.63, 3.8) is 0 Å². The first-order valence-electron chi connectivity index (χ1n) is 7.48. The average molecular weight is 327 g/mol. The van der Waals surface area contributed by atoms with Crippen LogP contribution >= 0.6 is 0 Å². The van der Waals surface area contributed by atoms with Crippen molar-refractivity contribution in [1.29, 1.82) is 0 Å². The first kappa shape index (κ1) is 15.9. The van der Waals surface area contributed by atoms with Gasteiger partial charge in [0.2, 0.25) is 0 Å². The van der Waals surface area contributed by atoms with Crippen LogP contribution in [0.2, 0.25) is 0 Å². The van der Waals surface area contributed by atoms with Crippen molar-refractivity contribution in [1.82, 2.24) is 9.88 Å². The summed E-state index contributed by atoms with van der Waals surface area (Å²) < 4.78 is 31.6. The molecule has 0 aliphatic carbocycles. The molecular weight excluding hydrogens is 308 g/mol. The number of pyridine rings is 1. The largest absolute Gasteiger partial charge is 0.465 e. The Morgan fingerprint density at radius 1 is 1.52 bits per heavy atom. The van der Waals surface area contributed by atoms with Gasteiger partial charge in [-0.1, -0.05) is 0 Å². The van der Waals surface area contributed by atoms with Gasteiger partial charge >= 0.3 is 6.09 Å². The van der Waals surface area contributed by atoms with Crippen molar-refractivity contribution in [3.8, 4) is 0 Å². The molecule has 0 spiro atoms. The molecule has 6 nitrogen and oxygen atoms in total. The van der Waals surface area contributed by atoms with E-state index >= 15 is 0 Å². The van der Waals surface area contributed by atoms with Gasteiger partial charge in [0, 0.05) is 31.8 Å². The molecule has 3 rings (SSSR count). The molecule has 0 radical (unpaired) electrons. The van der Waals surface area contributed by atoms with Crippen LogP contribution in [-0.4, -0.2) is 53.4 Å². The number of fused-ring (bicyclic) bond motifs is 3. The maximum absolute atomic E-state index is 13.3. The number of carbonyl (C=O) groups is 1. The normalized spacial score (nSPS) is 23.2. The molecule has 1 N–H and O–H groups in total. The lowest BCUT2D eigenvalue weighted by molar-refractivity contribution is 0.128. The molecule has 0 bridgehead atoms. The average Bonchev–Trinajstić information content (AvgIpc) is 2.84. The molecule has 2 aliphatic rings. The number of ether oxygens (including phenoxy) is 1. The van der Waals surface area contributed by atoms with E-state index in [2.05, 4.69) is 4.98 Å². The van der Waals surface area contributed by atoms with E-state index in [0.29, 0.717) is 30.9 Å². The van der Waals surface area contributed by atoms with E-state index in [9.17, 15) is 18.7 Å². The minimum atomic E-state index is -2.67. The van der Waals surface area contributed by atoms with Crippen LogP contribution in [0.25, 0.3) is 0 Å². The lowest BCUT2D eigenvalue weighted by atomic mass is 10.1. The van der Waals surface area contributed by atoms with E-state index in [-0.39, 0.29) is 24.4 Å². The van der Waals surface area contributed by atoms with Crippen LogP contribution in [0.3, 0.4) is 0 Å². The van der Waals surface area contributed by atoms with E-state index in [1.165, 1.54) is 12.0 Å². The summed E-state index contributed by atoms with van der Waals surface area (Å²) in [5.74, 6) is 0.558. The van der Waals surface area contributed by atoms with Crippen molar-refractivity contribution >= 4 is 11.9 Å². The van der Waals surface area contributed by atoms with Gasteiger partial charge in [0.25, 0.3) is 6.43 Å². The maximum Gasteiger partial charge on any atom is 0.407 e. The molecule has 126 valence electrons. The summed E-state index contributed by atoms with van der Waals surface area (Å²) in [6, 6.07) is 1.57. The van der Waals surface area contributed by atoms with Crippen LogP contribution in [0.15, 0.2) is 6.07 Å². The van der Waals surface area contributed by atoms with Gasteiger partial charge in [-0.25, -0.2) is 18.6 Å². The molecule has 2 atom stereocenters. The highest BCUT2D eigenvalue weighted by molar-refractivity contribution is 5.67. The molecule has 0 aromatic carbocycles. The maximum atomic E-state index is 13.3. The number of carboxylic acid groups (broad SMARTS) is 1. The number of methoxy groups -OCH3 is 1. The van der Waals surface area contributed by atoms with Gasteiger partial charge in [-0.15, -0.1) is 0 Å². The number of hydrogen-bond donors (Lipinski definition) is 1. The van der Waals surface area contributed by atoms with Gasteiger partial charge in [-0.05, 0) is 25.0 Å². The van der Waals surface area contributed by atoms with Crippen molar-refractivity contribution in [2.75, 3.05) is 25.1 Å². The van der Waals surface area contributed by atoms with Gasteiger partial charge in [-0.2, -0.15) is 0 Å². The second-order valence-corrected chi connectivity index (χ2v) is 6.05. The number of nitrogens with zero attached hydrogens (tertiary/aromatic N) is 3. The topological polar surface area (TPSA) is 65.9 Å². The van der Waals surface area contributed by atoms with E-state index in [1.54, 1.807) is 6.07 Å². The third kappa shape index (κ3) is 2.71. The second kappa shape index (κ2) is 5.92. The smallest absolute Gasteiger partial charge is 0.407 e. The second-order valence-electron chi connectivity index (χ2n) is 6.05. The zero-order chi connectivity index (χ0) is 16.7. The van der Waals surface area contributed by atoms with Crippen LogP contribution in [-0.2, 0) is 17.8 Å². The van der Waals surface area contributed by atoms with Gasteiger partial charge in [0.05, 0.1) is 12.6 Å². The number of anilines is 1. The van der Waals surface area contributed by atoms with Crippen molar-refractivity contribution in [3.05, 3.63) is 22.9 Å². The SMILES string of the molecule is COCc1cc2c(nc1C(F)F)N1[C@H](C2)CN(C(=O)O)C[C@H]1C. The Morgan fingerprint density at radius 2 is 2.26 bits per heavy atom. The number of piperazine rings is 1. The summed E-state index contributed by atoms with van der Waals surface area (Å²) in [6.07, 6.45) is -3.01. The molecule has 0 saturated carbocycles. The van der Waals surface area contributed by atoms with Crippen LogP contribution < -0.4 is 4.90 Å². The lowest BCUT2D eigenvalue weighted by Gasteiger charge is -2.42. The molecule has 2 aliphatic heterocycles. The van der Waals surface area contributed by atoms with Crippen LogP contribution in [0.5, 0.6) is 0 Å². The number of hydrogen-bond acceptors (Lipinski definition) is 4. The van der Waals surface area contributed by atoms with Crippen LogP contribution in [0, 0.1) is 0 Å². The zero-order valence-electron chi connectivity index (χ0n) is 13.0. The van der Waals surface area contributed by atoms with E-state index in [0.717, 1.165) is 5.56 Å². The molecule has 23 heavy (non-hydrogen) atoms. The fourth-order valence-corrected chi connectivity index (χ4v) is 3.58. The summed E-state index contributed by atoms with van der Waals surface area (Å²) in [5.41, 5.74) is 1.02. The Kier molecular flexibility index (Phi) is 4.09. The summed E-state index contributed by atoms with van der Waals surface area (Å²) in [4.78, 5) is 18.8. The van der Waals surface area contributed by atoms with E-state index in [1.807, 2.05) is 11.8 Å². The lowest BCUT2D eigenvalue weighted by Crippen LogP contribution is -2.58. The van der Waals surface area contributed by atoms with Gasteiger partial charge < -0.3 is 19.6 Å². The van der Waals surface area contributed by atoms with Crippen molar-refractivity contribution in [2.45, 2.75) is 38.5 Å². The summed E-state index contributed by atoms with van der Waals surface area (Å²) >= 11 is 0. The summed E-state index contributed by atoms with van der Waals surface area (Å²) in [7, 11) is 1.46. The van der Waals surface area contributed by atoms with Gasteiger partial charge in [0.1, 0.15) is 11.5 Å². The van der Waals surface area contributed by atoms with Crippen molar-refractivity contribution < 1.29 is 23.4 Å². The van der Waals surface area contributed by atoms with Crippen LogP contribution in [0.4, 0.5) is 19.4 Å². The third-order valence-electron chi connectivity index (χ3n) is 4.45. The molecule has 1 aromatic rings. The molecule has 8 heteroatoms. The molecule has 1 fully saturated rings. The van der Waals surface area contributed by atoms with Gasteiger partial charge in [-0.3, -0.25) is 0 Å². The highest BCUT2D eigenvalue weighted by Gasteiger charge is 2.41. The Morgan fingerprint density at radius 3 is 2.87 bits per heavy atom. The number of amides is 1. The van der Waals surface area contributed by atoms with Gasteiger partial charge in [0.15, 0.2) is 0 Å². The highest BCUT2D eigenvalue weighted by atomic mass is 19.3. The highest BCUT2D eigenvalue weighted by Crippen LogP contribution is 2.38. The molecular formula is C15H19F2N3O3. The minimum absolute atomic E-state index is 0.0549. The number of rotatable bonds is 3. The molecule has 1 amide bonds. The van der Waals surface area contributed by atoms with Crippen molar-refractivity contribution in [2.24, 2.45) is 0 Å². The predicted octanol–water partition coefficient (Wildman–Crippen LogP) is 2.28. The molecule has 0 unspecified atom stereocenters. The molecule has 3 heterocycles. The first-order valence-corrected chi connectivity index (χ1v) is 7.48. The number of alkyl halides is 2. The Bertz CT molecular complexity index is 626. The minimum Gasteiger partial charge on any atom is -0.465 e. The quantitative estimate of drug-likeness (QED) is 0.922. The molecule has 1 saturated heterocycles.